The smallest absolute Gasteiger partial charge is 0.222 e. The minimum absolute atomic E-state index is 0. The molecule has 0 spiro atoms. The molecule has 0 saturated carbocycles. The van der Waals surface area contributed by atoms with E-state index in [1.54, 1.807) is 6.20 Å². The first kappa shape index (κ1) is 10.7. The van der Waals surface area contributed by atoms with E-state index in [1.807, 2.05) is 0 Å². The molecule has 6 heteroatoms. The van der Waals surface area contributed by atoms with Gasteiger partial charge in [0.05, 0.1) is 6.20 Å². The van der Waals surface area contributed by atoms with Crippen molar-refractivity contribution in [2.75, 3.05) is 5.73 Å². The number of hydrogen-bond acceptors (Lipinski definition) is 4. The van der Waals surface area contributed by atoms with Crippen LogP contribution in [-0.4, -0.2) is 19.9 Å². The van der Waals surface area contributed by atoms with Crippen molar-refractivity contribution in [3.05, 3.63) is 12.0 Å². The van der Waals surface area contributed by atoms with E-state index in [0.717, 1.165) is 11.3 Å². The number of H-pyrrole nitrogens is 1. The van der Waals surface area contributed by atoms with Crippen LogP contribution < -0.4 is 5.73 Å². The fourth-order valence-electron chi connectivity index (χ4n) is 1.11. The monoisotopic (exact) mass is 213 g/mol. The van der Waals surface area contributed by atoms with E-state index in [9.17, 15) is 0 Å². The van der Waals surface area contributed by atoms with E-state index >= 15 is 0 Å². The highest BCUT2D eigenvalue weighted by Crippen LogP contribution is 2.14. The van der Waals surface area contributed by atoms with Crippen molar-refractivity contribution >= 4 is 29.5 Å². The summed E-state index contributed by atoms with van der Waals surface area (Å²) in [5.74, 6) is 1.53. The summed E-state index contributed by atoms with van der Waals surface area (Å²) in [6.07, 6.45) is 1.65. The van der Waals surface area contributed by atoms with Gasteiger partial charge in [0, 0.05) is 5.92 Å². The van der Waals surface area contributed by atoms with Crippen molar-refractivity contribution < 1.29 is 0 Å². The quantitative estimate of drug-likeness (QED) is 0.752. The Balaban J connectivity index is 0.000000980. The van der Waals surface area contributed by atoms with Crippen LogP contribution in [0.15, 0.2) is 6.20 Å². The van der Waals surface area contributed by atoms with Crippen molar-refractivity contribution in [3.8, 4) is 0 Å². The predicted molar refractivity (Wildman–Crippen MR) is 57.4 cm³/mol. The zero-order valence-corrected chi connectivity index (χ0v) is 8.80. The van der Waals surface area contributed by atoms with Crippen LogP contribution >= 0.6 is 12.4 Å². The first-order valence-corrected chi connectivity index (χ1v) is 4.15. The summed E-state index contributed by atoms with van der Waals surface area (Å²) in [7, 11) is 0. The molecule has 14 heavy (non-hydrogen) atoms. The Morgan fingerprint density at radius 1 is 1.36 bits per heavy atom. The Labute approximate surface area is 87.6 Å². The third kappa shape index (κ3) is 1.77. The van der Waals surface area contributed by atoms with Crippen molar-refractivity contribution in [1.82, 2.24) is 19.9 Å². The van der Waals surface area contributed by atoms with Crippen molar-refractivity contribution in [2.24, 2.45) is 0 Å². The Kier molecular flexibility index (Phi) is 2.90. The van der Waals surface area contributed by atoms with Crippen LogP contribution in [0.1, 0.15) is 25.6 Å². The second-order valence-corrected chi connectivity index (χ2v) is 3.24. The first-order valence-electron chi connectivity index (χ1n) is 4.15. The van der Waals surface area contributed by atoms with Crippen LogP contribution in [0.5, 0.6) is 0 Å². The molecule has 5 nitrogen and oxygen atoms in total. The molecule has 0 fully saturated rings. The molecule has 0 radical (unpaired) electrons. The van der Waals surface area contributed by atoms with Gasteiger partial charge in [-0.05, 0) is 0 Å². The second-order valence-electron chi connectivity index (χ2n) is 3.24. The number of aromatic amines is 1. The summed E-state index contributed by atoms with van der Waals surface area (Å²) in [4.78, 5) is 15.3. The Morgan fingerprint density at radius 2 is 2.07 bits per heavy atom. The Hall–Kier alpha value is -1.36. The highest BCUT2D eigenvalue weighted by Gasteiger charge is 2.07. The molecule has 0 aromatic carbocycles. The van der Waals surface area contributed by atoms with Crippen LogP contribution in [0.2, 0.25) is 0 Å². The molecule has 2 rings (SSSR count). The molecule has 0 saturated heterocycles. The largest absolute Gasteiger partial charge is 0.368 e. The summed E-state index contributed by atoms with van der Waals surface area (Å²) in [6, 6.07) is 0. The lowest BCUT2D eigenvalue weighted by molar-refractivity contribution is 0.798. The lowest BCUT2D eigenvalue weighted by atomic mass is 10.2. The number of imidazole rings is 1. The van der Waals surface area contributed by atoms with Crippen LogP contribution in [-0.2, 0) is 0 Å². The molecule has 0 bridgehead atoms. The van der Waals surface area contributed by atoms with Crippen molar-refractivity contribution in [1.29, 1.82) is 0 Å². The van der Waals surface area contributed by atoms with Crippen molar-refractivity contribution in [3.63, 3.8) is 0 Å². The highest BCUT2D eigenvalue weighted by molar-refractivity contribution is 5.85. The van der Waals surface area contributed by atoms with E-state index in [2.05, 4.69) is 33.8 Å². The molecule has 0 aliphatic carbocycles. The molecule has 3 N–H and O–H groups in total. The normalized spacial score (nSPS) is 10.5. The number of nitrogens with zero attached hydrogens (tertiary/aromatic N) is 3. The summed E-state index contributed by atoms with van der Waals surface area (Å²) >= 11 is 0. The van der Waals surface area contributed by atoms with Gasteiger partial charge in [-0.3, -0.25) is 0 Å². The fourth-order valence-corrected chi connectivity index (χ4v) is 1.11. The lowest BCUT2D eigenvalue weighted by Crippen LogP contribution is -1.93. The molecule has 2 aromatic rings. The Morgan fingerprint density at radius 3 is 2.71 bits per heavy atom. The molecule has 0 aliphatic heterocycles. The van der Waals surface area contributed by atoms with Gasteiger partial charge in [0.25, 0.3) is 0 Å². The van der Waals surface area contributed by atoms with Gasteiger partial charge in [-0.1, -0.05) is 13.8 Å². The maximum Gasteiger partial charge on any atom is 0.222 e. The van der Waals surface area contributed by atoms with Gasteiger partial charge in [-0.25, -0.2) is 9.97 Å². The molecular weight excluding hydrogens is 202 g/mol. The Bertz CT molecular complexity index is 436. The standard InChI is InChI=1S/C8H11N5.ClH/c1-4(2)6-11-5-3-10-8(9)13-7(5)12-6;/h3-4H,1-2H3,(H3,9,10,11,12,13);1H. The maximum atomic E-state index is 5.43. The van der Waals surface area contributed by atoms with Gasteiger partial charge >= 0.3 is 0 Å². The average Bonchev–Trinajstić information content (AvgIpc) is 2.46. The highest BCUT2D eigenvalue weighted by atomic mass is 35.5. The number of anilines is 1. The third-order valence-corrected chi connectivity index (χ3v) is 1.82. The zero-order chi connectivity index (χ0) is 9.42. The first-order chi connectivity index (χ1) is 6.16. The topological polar surface area (TPSA) is 80.5 Å². The molecule has 0 amide bonds. The number of nitrogens with one attached hydrogen (secondary N) is 1. The SMILES string of the molecule is CC(C)c1nc2nc(N)ncc2[nH]1.Cl. The number of nitrogen functional groups attached to an aromatic ring is 1. The third-order valence-electron chi connectivity index (χ3n) is 1.82. The number of rotatable bonds is 1. The van der Waals surface area contributed by atoms with Crippen LogP contribution in [0.3, 0.4) is 0 Å². The van der Waals surface area contributed by atoms with Gasteiger partial charge in [0.2, 0.25) is 5.95 Å². The number of hydrogen-bond donors (Lipinski definition) is 2. The van der Waals surface area contributed by atoms with Gasteiger partial charge < -0.3 is 10.7 Å². The van der Waals surface area contributed by atoms with E-state index in [0.29, 0.717) is 11.6 Å². The molecule has 0 atom stereocenters. The van der Waals surface area contributed by atoms with E-state index in [1.165, 1.54) is 0 Å². The van der Waals surface area contributed by atoms with Crippen LogP contribution in [0.25, 0.3) is 11.2 Å². The predicted octanol–water partition coefficient (Wildman–Crippen LogP) is 1.48. The minimum Gasteiger partial charge on any atom is -0.368 e. The number of nitrogens with two attached hydrogens (primary N) is 1. The van der Waals surface area contributed by atoms with E-state index in [-0.39, 0.29) is 18.4 Å². The summed E-state index contributed by atoms with van der Waals surface area (Å²) in [6.45, 7) is 4.13. The maximum absolute atomic E-state index is 5.43. The van der Waals surface area contributed by atoms with E-state index < -0.39 is 0 Å². The fraction of sp³-hybridized carbons (Fsp3) is 0.375. The van der Waals surface area contributed by atoms with Gasteiger partial charge in [-0.2, -0.15) is 4.98 Å². The summed E-state index contributed by atoms with van der Waals surface area (Å²) in [5.41, 5.74) is 6.90. The van der Waals surface area contributed by atoms with Gasteiger partial charge in [0.15, 0.2) is 5.65 Å². The zero-order valence-electron chi connectivity index (χ0n) is 7.98. The summed E-state index contributed by atoms with van der Waals surface area (Å²) in [5, 5.41) is 0. The summed E-state index contributed by atoms with van der Waals surface area (Å²) < 4.78 is 0. The molecule has 76 valence electrons. The molecular formula is C8H12ClN5. The number of fused-ring (bicyclic) bond motifs is 1. The molecule has 0 unspecified atom stereocenters. The van der Waals surface area contributed by atoms with Crippen molar-refractivity contribution in [2.45, 2.75) is 19.8 Å². The minimum atomic E-state index is 0. The van der Waals surface area contributed by atoms with Gasteiger partial charge in [-0.15, -0.1) is 12.4 Å². The number of halogens is 1. The molecule has 0 aliphatic rings. The molecule has 2 heterocycles. The van der Waals surface area contributed by atoms with Crippen LogP contribution in [0.4, 0.5) is 5.95 Å². The van der Waals surface area contributed by atoms with Gasteiger partial charge in [0.1, 0.15) is 11.3 Å². The molecule has 2 aromatic heterocycles. The van der Waals surface area contributed by atoms with Crippen LogP contribution in [0, 0.1) is 0 Å². The number of aromatic nitrogens is 4. The second kappa shape index (κ2) is 3.79. The average molecular weight is 214 g/mol. The lowest BCUT2D eigenvalue weighted by Gasteiger charge is -1.95. The van der Waals surface area contributed by atoms with E-state index in [4.69, 9.17) is 5.73 Å².